The van der Waals surface area contributed by atoms with Gasteiger partial charge in [0.15, 0.2) is 0 Å². The van der Waals surface area contributed by atoms with Crippen LogP contribution in [0.2, 0.25) is 0 Å². The van der Waals surface area contributed by atoms with Gasteiger partial charge in [-0.1, -0.05) is 6.92 Å². The molecule has 1 saturated carbocycles. The Kier molecular flexibility index (Phi) is 5.51. The van der Waals surface area contributed by atoms with E-state index >= 15 is 0 Å². The van der Waals surface area contributed by atoms with Gasteiger partial charge in [-0.15, -0.1) is 0 Å². The van der Waals surface area contributed by atoms with Crippen molar-refractivity contribution >= 4 is 6.09 Å². The van der Waals surface area contributed by atoms with E-state index in [1.54, 1.807) is 6.26 Å². The lowest BCUT2D eigenvalue weighted by atomic mass is 10.1. The molecule has 1 aromatic heterocycles. The zero-order valence-electron chi connectivity index (χ0n) is 14.0. The largest absolute Gasteiger partial charge is 0.468 e. The number of amides is 1. The summed E-state index contributed by atoms with van der Waals surface area (Å²) in [5.41, 5.74) is -0.467. The average Bonchev–Trinajstić information content (AvgIpc) is 3.12. The first-order chi connectivity index (χ1) is 10.4. The fourth-order valence-electron chi connectivity index (χ4n) is 2.50. The molecule has 2 unspecified atom stereocenters. The third-order valence-electron chi connectivity index (χ3n) is 3.77. The molecule has 0 radical (unpaired) electrons. The topological polar surface area (TPSA) is 63.5 Å². The maximum atomic E-state index is 12.0. The Balaban J connectivity index is 1.85. The molecule has 0 bridgehead atoms. The molecule has 0 saturated heterocycles. The zero-order valence-corrected chi connectivity index (χ0v) is 14.0. The number of alkyl carbamates (subject to hydrolysis) is 1. The number of hydrogen-bond donors (Lipinski definition) is 2. The monoisotopic (exact) mass is 308 g/mol. The van der Waals surface area contributed by atoms with E-state index in [-0.39, 0.29) is 18.2 Å². The predicted octanol–water partition coefficient (Wildman–Crippen LogP) is 3.62. The molecule has 22 heavy (non-hydrogen) atoms. The number of furan rings is 1. The number of carbonyl (C=O) groups excluding carboxylic acids is 1. The Bertz CT molecular complexity index is 461. The van der Waals surface area contributed by atoms with Gasteiger partial charge in [-0.25, -0.2) is 4.79 Å². The highest BCUT2D eigenvalue weighted by Gasteiger charge is 2.33. The lowest BCUT2D eigenvalue weighted by molar-refractivity contribution is 0.0496. The van der Waals surface area contributed by atoms with Crippen molar-refractivity contribution in [2.45, 2.75) is 64.6 Å². The van der Waals surface area contributed by atoms with E-state index in [2.05, 4.69) is 17.6 Å². The molecule has 5 nitrogen and oxygen atoms in total. The first-order valence-electron chi connectivity index (χ1n) is 8.15. The number of carbonyl (C=O) groups is 1. The fraction of sp³-hybridized carbons (Fsp3) is 0.706. The summed E-state index contributed by atoms with van der Waals surface area (Å²) in [6.45, 7) is 8.47. The van der Waals surface area contributed by atoms with Crippen LogP contribution in [0, 0.1) is 5.92 Å². The van der Waals surface area contributed by atoms with Crippen LogP contribution < -0.4 is 10.6 Å². The summed E-state index contributed by atoms with van der Waals surface area (Å²) in [7, 11) is 0. The van der Waals surface area contributed by atoms with Gasteiger partial charge < -0.3 is 19.8 Å². The van der Waals surface area contributed by atoms with Crippen LogP contribution in [0.15, 0.2) is 22.8 Å². The molecular formula is C17H28N2O3. The van der Waals surface area contributed by atoms with Gasteiger partial charge in [0.25, 0.3) is 0 Å². The van der Waals surface area contributed by atoms with Crippen LogP contribution in [0.5, 0.6) is 0 Å². The molecule has 0 aliphatic heterocycles. The number of ether oxygens (including phenoxy) is 1. The van der Waals surface area contributed by atoms with Crippen molar-refractivity contribution in [3.8, 4) is 0 Å². The van der Waals surface area contributed by atoms with Gasteiger partial charge in [0.2, 0.25) is 0 Å². The van der Waals surface area contributed by atoms with E-state index in [1.807, 2.05) is 32.9 Å². The standard InChI is InChI=1S/C17H28N2O3/c1-5-13(15-7-6-10-21-15)18-11-14(12-8-9-12)19-16(20)22-17(2,3)4/h6-7,10,12-14,18H,5,8-9,11H2,1-4H3,(H,19,20). The molecule has 2 N–H and O–H groups in total. The highest BCUT2D eigenvalue weighted by molar-refractivity contribution is 5.68. The minimum Gasteiger partial charge on any atom is -0.468 e. The van der Waals surface area contributed by atoms with E-state index in [0.29, 0.717) is 5.92 Å². The minimum atomic E-state index is -0.467. The third-order valence-corrected chi connectivity index (χ3v) is 3.77. The quantitative estimate of drug-likeness (QED) is 0.807. The lowest BCUT2D eigenvalue weighted by Crippen LogP contribution is -2.46. The van der Waals surface area contributed by atoms with Crippen molar-refractivity contribution in [3.05, 3.63) is 24.2 Å². The summed E-state index contributed by atoms with van der Waals surface area (Å²) >= 11 is 0. The fourth-order valence-corrected chi connectivity index (χ4v) is 2.50. The molecule has 2 atom stereocenters. The Labute approximate surface area is 132 Å². The molecule has 5 heteroatoms. The Hall–Kier alpha value is -1.49. The maximum absolute atomic E-state index is 12.0. The van der Waals surface area contributed by atoms with Gasteiger partial charge in [0.1, 0.15) is 11.4 Å². The molecule has 1 heterocycles. The highest BCUT2D eigenvalue weighted by Crippen LogP contribution is 2.33. The van der Waals surface area contributed by atoms with Crippen molar-refractivity contribution in [2.75, 3.05) is 6.54 Å². The Morgan fingerprint density at radius 1 is 1.45 bits per heavy atom. The van der Waals surface area contributed by atoms with Gasteiger partial charge in [-0.2, -0.15) is 0 Å². The van der Waals surface area contributed by atoms with Crippen LogP contribution >= 0.6 is 0 Å². The first kappa shape index (κ1) is 16.9. The first-order valence-corrected chi connectivity index (χ1v) is 8.15. The second kappa shape index (κ2) is 7.18. The highest BCUT2D eigenvalue weighted by atomic mass is 16.6. The van der Waals surface area contributed by atoms with Crippen molar-refractivity contribution < 1.29 is 13.9 Å². The van der Waals surface area contributed by atoms with E-state index in [0.717, 1.165) is 18.7 Å². The summed E-state index contributed by atoms with van der Waals surface area (Å²) in [6.07, 6.45) is 4.63. The third kappa shape index (κ3) is 5.37. The van der Waals surface area contributed by atoms with Crippen LogP contribution in [0.25, 0.3) is 0 Å². The number of nitrogens with one attached hydrogen (secondary N) is 2. The SMILES string of the molecule is CCC(NCC(NC(=O)OC(C)(C)C)C1CC1)c1ccco1. The van der Waals surface area contributed by atoms with Crippen molar-refractivity contribution in [3.63, 3.8) is 0 Å². The number of rotatable bonds is 7. The van der Waals surface area contributed by atoms with Gasteiger partial charge in [0, 0.05) is 12.6 Å². The Morgan fingerprint density at radius 3 is 2.68 bits per heavy atom. The van der Waals surface area contributed by atoms with Crippen LogP contribution in [-0.4, -0.2) is 24.3 Å². The van der Waals surface area contributed by atoms with Crippen LogP contribution in [-0.2, 0) is 4.74 Å². The van der Waals surface area contributed by atoms with Gasteiger partial charge in [-0.05, 0) is 58.1 Å². The Morgan fingerprint density at radius 2 is 2.18 bits per heavy atom. The summed E-state index contributed by atoms with van der Waals surface area (Å²) in [5, 5.41) is 6.50. The van der Waals surface area contributed by atoms with E-state index in [9.17, 15) is 4.79 Å². The smallest absolute Gasteiger partial charge is 0.407 e. The van der Waals surface area contributed by atoms with E-state index < -0.39 is 5.60 Å². The average molecular weight is 308 g/mol. The maximum Gasteiger partial charge on any atom is 0.407 e. The summed E-state index contributed by atoms with van der Waals surface area (Å²) in [6, 6.07) is 4.17. The van der Waals surface area contributed by atoms with E-state index in [1.165, 1.54) is 12.8 Å². The molecule has 1 aliphatic rings. The normalized spacial score (nSPS) is 17.8. The van der Waals surface area contributed by atoms with Crippen LogP contribution in [0.3, 0.4) is 0 Å². The number of hydrogen-bond acceptors (Lipinski definition) is 4. The van der Waals surface area contributed by atoms with E-state index in [4.69, 9.17) is 9.15 Å². The van der Waals surface area contributed by atoms with Gasteiger partial charge in [-0.3, -0.25) is 0 Å². The second-order valence-electron chi connectivity index (χ2n) is 6.97. The van der Waals surface area contributed by atoms with Crippen molar-refractivity contribution in [2.24, 2.45) is 5.92 Å². The summed E-state index contributed by atoms with van der Waals surface area (Å²) in [4.78, 5) is 12.0. The molecule has 0 aromatic carbocycles. The van der Waals surface area contributed by atoms with Gasteiger partial charge >= 0.3 is 6.09 Å². The molecule has 1 amide bonds. The van der Waals surface area contributed by atoms with Crippen LogP contribution in [0.4, 0.5) is 4.79 Å². The molecule has 2 rings (SSSR count). The summed E-state index contributed by atoms with van der Waals surface area (Å²) < 4.78 is 10.8. The molecule has 1 fully saturated rings. The second-order valence-corrected chi connectivity index (χ2v) is 6.97. The predicted molar refractivity (Wildman–Crippen MR) is 85.6 cm³/mol. The van der Waals surface area contributed by atoms with Crippen molar-refractivity contribution in [1.82, 2.24) is 10.6 Å². The zero-order chi connectivity index (χ0) is 16.2. The molecule has 0 spiro atoms. The van der Waals surface area contributed by atoms with Gasteiger partial charge in [0.05, 0.1) is 12.3 Å². The summed E-state index contributed by atoms with van der Waals surface area (Å²) in [5.74, 6) is 1.49. The molecule has 1 aliphatic carbocycles. The lowest BCUT2D eigenvalue weighted by Gasteiger charge is -2.25. The molecule has 124 valence electrons. The molecule has 1 aromatic rings. The minimum absolute atomic E-state index is 0.110. The van der Waals surface area contributed by atoms with Crippen LogP contribution in [0.1, 0.15) is 58.8 Å². The molecular weight excluding hydrogens is 280 g/mol. The van der Waals surface area contributed by atoms with Crippen molar-refractivity contribution in [1.29, 1.82) is 0 Å².